The molecule has 1 aromatic heterocycles. The molecule has 0 saturated heterocycles. The molecule has 0 radical (unpaired) electrons. The SMILES string of the molecule is Cc1cc(N)ccc1-n1c(C)ccc1-c1ccc(F)cc1. The molecule has 3 heteroatoms. The van der Waals surface area contributed by atoms with E-state index < -0.39 is 0 Å². The molecule has 0 fully saturated rings. The largest absolute Gasteiger partial charge is 0.399 e. The number of nitrogens with zero attached hydrogens (tertiary/aromatic N) is 1. The number of nitrogens with two attached hydrogens (primary N) is 1. The van der Waals surface area contributed by atoms with Gasteiger partial charge in [-0.05, 0) is 79.6 Å². The van der Waals surface area contributed by atoms with Crippen molar-refractivity contribution in [2.75, 3.05) is 5.73 Å². The maximum absolute atomic E-state index is 13.1. The Kier molecular flexibility index (Phi) is 3.26. The number of hydrogen-bond donors (Lipinski definition) is 1. The molecule has 0 aliphatic carbocycles. The molecule has 21 heavy (non-hydrogen) atoms. The lowest BCUT2D eigenvalue weighted by Crippen LogP contribution is -2.02. The smallest absolute Gasteiger partial charge is 0.123 e. The van der Waals surface area contributed by atoms with Crippen molar-refractivity contribution in [3.8, 4) is 16.9 Å². The van der Waals surface area contributed by atoms with Gasteiger partial charge in [-0.2, -0.15) is 0 Å². The highest BCUT2D eigenvalue weighted by Crippen LogP contribution is 2.28. The molecule has 0 saturated carbocycles. The summed E-state index contributed by atoms with van der Waals surface area (Å²) >= 11 is 0. The van der Waals surface area contributed by atoms with Crippen molar-refractivity contribution < 1.29 is 4.39 Å². The van der Waals surface area contributed by atoms with Gasteiger partial charge in [-0.1, -0.05) is 0 Å². The zero-order valence-electron chi connectivity index (χ0n) is 12.1. The Morgan fingerprint density at radius 1 is 0.905 bits per heavy atom. The Labute approximate surface area is 123 Å². The zero-order chi connectivity index (χ0) is 15.0. The Bertz CT molecular complexity index is 785. The first-order valence-electron chi connectivity index (χ1n) is 6.87. The molecule has 0 aliphatic rings. The van der Waals surface area contributed by atoms with Crippen molar-refractivity contribution in [1.82, 2.24) is 4.57 Å². The van der Waals surface area contributed by atoms with Gasteiger partial charge in [0.25, 0.3) is 0 Å². The second-order valence-electron chi connectivity index (χ2n) is 5.25. The number of benzene rings is 2. The summed E-state index contributed by atoms with van der Waals surface area (Å²) in [6.45, 7) is 4.10. The monoisotopic (exact) mass is 280 g/mol. The lowest BCUT2D eigenvalue weighted by molar-refractivity contribution is 0.628. The number of rotatable bonds is 2. The van der Waals surface area contributed by atoms with E-state index in [1.54, 1.807) is 12.1 Å². The fourth-order valence-electron chi connectivity index (χ4n) is 2.63. The minimum Gasteiger partial charge on any atom is -0.399 e. The Morgan fingerprint density at radius 3 is 2.29 bits per heavy atom. The van der Waals surface area contributed by atoms with Crippen LogP contribution < -0.4 is 5.73 Å². The third-order valence-corrected chi connectivity index (χ3v) is 3.68. The fraction of sp³-hybridized carbons (Fsp3) is 0.111. The molecule has 0 spiro atoms. The van der Waals surface area contributed by atoms with Gasteiger partial charge in [0, 0.05) is 17.1 Å². The molecule has 2 nitrogen and oxygen atoms in total. The maximum Gasteiger partial charge on any atom is 0.123 e. The van der Waals surface area contributed by atoms with Crippen molar-refractivity contribution in [1.29, 1.82) is 0 Å². The van der Waals surface area contributed by atoms with Gasteiger partial charge in [0.1, 0.15) is 5.82 Å². The van der Waals surface area contributed by atoms with Gasteiger partial charge in [0.05, 0.1) is 5.69 Å². The number of hydrogen-bond acceptors (Lipinski definition) is 1. The van der Waals surface area contributed by atoms with Gasteiger partial charge in [-0.25, -0.2) is 4.39 Å². The van der Waals surface area contributed by atoms with E-state index in [0.717, 1.165) is 33.9 Å². The molecule has 0 aliphatic heterocycles. The normalized spacial score (nSPS) is 10.8. The van der Waals surface area contributed by atoms with E-state index in [9.17, 15) is 4.39 Å². The van der Waals surface area contributed by atoms with Crippen LogP contribution in [0.15, 0.2) is 54.6 Å². The van der Waals surface area contributed by atoms with Gasteiger partial charge in [-0.15, -0.1) is 0 Å². The van der Waals surface area contributed by atoms with E-state index in [2.05, 4.69) is 23.6 Å². The van der Waals surface area contributed by atoms with E-state index >= 15 is 0 Å². The maximum atomic E-state index is 13.1. The van der Waals surface area contributed by atoms with Crippen LogP contribution in [0.4, 0.5) is 10.1 Å². The van der Waals surface area contributed by atoms with Crippen molar-refractivity contribution in [2.45, 2.75) is 13.8 Å². The minimum atomic E-state index is -0.225. The summed E-state index contributed by atoms with van der Waals surface area (Å²) in [5.41, 5.74) is 11.9. The van der Waals surface area contributed by atoms with E-state index in [0.29, 0.717) is 0 Å². The third kappa shape index (κ3) is 2.42. The molecule has 0 atom stereocenters. The summed E-state index contributed by atoms with van der Waals surface area (Å²) in [4.78, 5) is 0. The van der Waals surface area contributed by atoms with Crippen molar-refractivity contribution in [3.05, 3.63) is 71.7 Å². The molecular weight excluding hydrogens is 263 g/mol. The molecule has 1 heterocycles. The Balaban J connectivity index is 2.19. The van der Waals surface area contributed by atoms with Crippen LogP contribution in [0.25, 0.3) is 16.9 Å². The Hall–Kier alpha value is -2.55. The molecule has 3 aromatic rings. The van der Waals surface area contributed by atoms with Crippen LogP contribution in [0.1, 0.15) is 11.3 Å². The lowest BCUT2D eigenvalue weighted by atomic mass is 10.1. The van der Waals surface area contributed by atoms with E-state index in [1.165, 1.54) is 12.1 Å². The predicted molar refractivity (Wildman–Crippen MR) is 85.0 cm³/mol. The average Bonchev–Trinajstić information content (AvgIpc) is 2.82. The fourth-order valence-corrected chi connectivity index (χ4v) is 2.63. The second-order valence-corrected chi connectivity index (χ2v) is 5.25. The van der Waals surface area contributed by atoms with Crippen LogP contribution in [0, 0.1) is 19.7 Å². The molecule has 106 valence electrons. The zero-order valence-corrected chi connectivity index (χ0v) is 12.1. The van der Waals surface area contributed by atoms with Gasteiger partial charge >= 0.3 is 0 Å². The average molecular weight is 280 g/mol. The van der Waals surface area contributed by atoms with Crippen molar-refractivity contribution in [2.24, 2.45) is 0 Å². The highest BCUT2D eigenvalue weighted by molar-refractivity contribution is 5.65. The molecule has 2 aromatic carbocycles. The van der Waals surface area contributed by atoms with Crippen molar-refractivity contribution >= 4 is 5.69 Å². The second kappa shape index (κ2) is 5.09. The summed E-state index contributed by atoms with van der Waals surface area (Å²) < 4.78 is 15.3. The van der Waals surface area contributed by atoms with Crippen LogP contribution in [-0.4, -0.2) is 4.57 Å². The summed E-state index contributed by atoms with van der Waals surface area (Å²) in [6.07, 6.45) is 0. The van der Waals surface area contributed by atoms with Gasteiger partial charge < -0.3 is 10.3 Å². The number of aromatic nitrogens is 1. The van der Waals surface area contributed by atoms with E-state index in [1.807, 2.05) is 25.1 Å². The summed E-state index contributed by atoms with van der Waals surface area (Å²) in [5.74, 6) is -0.225. The quantitative estimate of drug-likeness (QED) is 0.689. The first kappa shape index (κ1) is 13.4. The Morgan fingerprint density at radius 2 is 1.62 bits per heavy atom. The van der Waals surface area contributed by atoms with Crippen LogP contribution in [0.3, 0.4) is 0 Å². The highest BCUT2D eigenvalue weighted by atomic mass is 19.1. The van der Waals surface area contributed by atoms with Gasteiger partial charge in [-0.3, -0.25) is 0 Å². The summed E-state index contributed by atoms with van der Waals surface area (Å²) in [7, 11) is 0. The molecule has 0 amide bonds. The van der Waals surface area contributed by atoms with Crippen LogP contribution >= 0.6 is 0 Å². The van der Waals surface area contributed by atoms with Crippen LogP contribution in [0.5, 0.6) is 0 Å². The number of aryl methyl sites for hydroxylation is 2. The van der Waals surface area contributed by atoms with E-state index in [4.69, 9.17) is 5.73 Å². The molecular formula is C18H17FN2. The third-order valence-electron chi connectivity index (χ3n) is 3.68. The first-order chi connectivity index (χ1) is 10.1. The first-order valence-corrected chi connectivity index (χ1v) is 6.87. The van der Waals surface area contributed by atoms with Gasteiger partial charge in [0.15, 0.2) is 0 Å². The predicted octanol–water partition coefficient (Wildman–Crippen LogP) is 4.48. The number of halogens is 1. The minimum absolute atomic E-state index is 0.225. The van der Waals surface area contributed by atoms with Crippen LogP contribution in [-0.2, 0) is 0 Å². The summed E-state index contributed by atoms with van der Waals surface area (Å²) in [5, 5.41) is 0. The standard InChI is InChI=1S/C18H17FN2/c1-12-11-16(20)8-10-17(12)21-13(2)3-9-18(21)14-4-6-15(19)7-5-14/h3-11H,20H2,1-2H3. The number of anilines is 1. The summed E-state index contributed by atoms with van der Waals surface area (Å²) in [6, 6.07) is 16.6. The molecule has 2 N–H and O–H groups in total. The van der Waals surface area contributed by atoms with Crippen molar-refractivity contribution in [3.63, 3.8) is 0 Å². The van der Waals surface area contributed by atoms with E-state index in [-0.39, 0.29) is 5.82 Å². The van der Waals surface area contributed by atoms with Gasteiger partial charge in [0.2, 0.25) is 0 Å². The molecule has 0 bridgehead atoms. The topological polar surface area (TPSA) is 30.9 Å². The molecule has 3 rings (SSSR count). The lowest BCUT2D eigenvalue weighted by Gasteiger charge is -2.15. The highest BCUT2D eigenvalue weighted by Gasteiger charge is 2.11. The number of nitrogen functional groups attached to an aromatic ring is 1. The van der Waals surface area contributed by atoms with Crippen LogP contribution in [0.2, 0.25) is 0 Å². The molecule has 0 unspecified atom stereocenters.